The van der Waals surface area contributed by atoms with Crippen molar-refractivity contribution < 1.29 is 29.1 Å². The predicted molar refractivity (Wildman–Crippen MR) is 169 cm³/mol. The van der Waals surface area contributed by atoms with Gasteiger partial charge in [-0.25, -0.2) is 9.67 Å². The molecular weight excluding hydrogens is 606 g/mol. The Morgan fingerprint density at radius 3 is 2.57 bits per heavy atom. The van der Waals surface area contributed by atoms with Gasteiger partial charge in [0.1, 0.15) is 17.4 Å². The van der Waals surface area contributed by atoms with Gasteiger partial charge in [0.25, 0.3) is 17.7 Å². The van der Waals surface area contributed by atoms with Crippen LogP contribution in [0.3, 0.4) is 0 Å². The van der Waals surface area contributed by atoms with Gasteiger partial charge in [-0.3, -0.25) is 33.9 Å². The lowest BCUT2D eigenvalue weighted by molar-refractivity contribution is -0.139. The summed E-state index contributed by atoms with van der Waals surface area (Å²) >= 11 is 0. The molecule has 3 atom stereocenters. The maximum atomic E-state index is 14.5. The van der Waals surface area contributed by atoms with Gasteiger partial charge >= 0.3 is 0 Å². The number of carbonyl (C=O) groups is 5. The topological polar surface area (TPSA) is 216 Å². The molecule has 2 aliphatic rings. The van der Waals surface area contributed by atoms with Gasteiger partial charge in [0.05, 0.1) is 35.1 Å². The second-order valence-corrected chi connectivity index (χ2v) is 12.8. The van der Waals surface area contributed by atoms with E-state index < -0.39 is 53.1 Å². The molecule has 2 fully saturated rings. The number of likely N-dealkylation sites (tertiary alicyclic amines) is 1. The third kappa shape index (κ3) is 7.40. The molecule has 1 saturated heterocycles. The number of amides is 4. The third-order valence-electron chi connectivity index (χ3n) is 8.82. The summed E-state index contributed by atoms with van der Waals surface area (Å²) in [6.45, 7) is 4.43. The molecule has 47 heavy (non-hydrogen) atoms. The molecular formula is C32H39N9O6. The highest BCUT2D eigenvalue weighted by Gasteiger charge is 2.44. The molecule has 248 valence electrons. The van der Waals surface area contributed by atoms with Crippen molar-refractivity contribution in [2.24, 2.45) is 16.6 Å². The standard InChI is InChI=1S/C32H39N9O6/c1-18(27(42)28(33)43)37-30(45)24-13-21(41-25(16-36-39-41)32(2,3)47)17-40(24)31(46)23(12-19-8-5-4-6-9-19)38-29(44)22-15-34-14-20-10-7-11-35-26(20)22/h7,10-11,14-16,18-19,21,24,47H,4-6,8-9,12-13,17H2,1-3H3,(H2,33,43)(H,37,45)/b38-23+/t18?,21-,24-/m0/s1. The van der Waals surface area contributed by atoms with Crippen LogP contribution in [0.5, 0.6) is 0 Å². The molecule has 1 saturated carbocycles. The van der Waals surface area contributed by atoms with Crippen molar-refractivity contribution in [3.8, 4) is 0 Å². The van der Waals surface area contributed by atoms with Crippen LogP contribution in [-0.4, -0.2) is 88.7 Å². The summed E-state index contributed by atoms with van der Waals surface area (Å²) < 4.78 is 1.47. The number of pyridine rings is 2. The van der Waals surface area contributed by atoms with Gasteiger partial charge in [0.15, 0.2) is 0 Å². The van der Waals surface area contributed by atoms with Crippen LogP contribution in [0.4, 0.5) is 0 Å². The van der Waals surface area contributed by atoms with Crippen molar-refractivity contribution in [2.75, 3.05) is 6.54 Å². The molecule has 4 N–H and O–H groups in total. The fourth-order valence-corrected chi connectivity index (χ4v) is 6.35. The molecule has 1 aliphatic carbocycles. The molecule has 4 heterocycles. The number of aliphatic imine (C=N–C) groups is 1. The molecule has 1 unspecified atom stereocenters. The van der Waals surface area contributed by atoms with Crippen LogP contribution in [0.15, 0.2) is 41.9 Å². The van der Waals surface area contributed by atoms with E-state index >= 15 is 0 Å². The van der Waals surface area contributed by atoms with Crippen LogP contribution in [0, 0.1) is 5.92 Å². The Labute approximate surface area is 271 Å². The molecule has 3 aromatic heterocycles. The van der Waals surface area contributed by atoms with Crippen molar-refractivity contribution in [2.45, 2.75) is 89.4 Å². The molecule has 0 aromatic carbocycles. The molecule has 3 aromatic rings. The Morgan fingerprint density at radius 2 is 1.87 bits per heavy atom. The molecule has 0 spiro atoms. The van der Waals surface area contributed by atoms with E-state index in [1.165, 1.54) is 28.9 Å². The molecule has 15 nitrogen and oxygen atoms in total. The van der Waals surface area contributed by atoms with Crippen LogP contribution in [0.25, 0.3) is 10.9 Å². The number of hydrogen-bond acceptors (Lipinski definition) is 10. The fraction of sp³-hybridized carbons (Fsp3) is 0.500. The Morgan fingerprint density at radius 1 is 1.13 bits per heavy atom. The molecule has 4 amide bonds. The van der Waals surface area contributed by atoms with Crippen LogP contribution >= 0.6 is 0 Å². The number of nitrogens with two attached hydrogens (primary N) is 1. The molecule has 5 rings (SSSR count). The van der Waals surface area contributed by atoms with Gasteiger partial charge in [-0.2, -0.15) is 0 Å². The molecule has 1 aliphatic heterocycles. The van der Waals surface area contributed by atoms with Gasteiger partial charge < -0.3 is 21.1 Å². The number of rotatable bonds is 10. The van der Waals surface area contributed by atoms with Gasteiger partial charge in [0, 0.05) is 36.9 Å². The number of aliphatic hydroxyl groups is 1. The number of primary amides is 1. The Balaban J connectivity index is 1.52. The smallest absolute Gasteiger partial charge is 0.287 e. The number of aromatic nitrogens is 5. The average Bonchev–Trinajstić information content (AvgIpc) is 3.72. The highest BCUT2D eigenvalue weighted by Crippen LogP contribution is 2.33. The van der Waals surface area contributed by atoms with E-state index in [1.54, 1.807) is 38.4 Å². The molecule has 15 heteroatoms. The van der Waals surface area contributed by atoms with Crippen molar-refractivity contribution in [1.82, 2.24) is 35.2 Å². The van der Waals surface area contributed by atoms with Crippen molar-refractivity contribution in [1.29, 1.82) is 0 Å². The summed E-state index contributed by atoms with van der Waals surface area (Å²) in [5.74, 6) is -4.08. The second-order valence-electron chi connectivity index (χ2n) is 12.8. The Bertz CT molecular complexity index is 1720. The highest BCUT2D eigenvalue weighted by molar-refractivity contribution is 6.41. The first-order valence-electron chi connectivity index (χ1n) is 15.7. The normalized spacial score (nSPS) is 19.8. The van der Waals surface area contributed by atoms with Crippen molar-refractivity contribution >= 4 is 46.0 Å². The lowest BCUT2D eigenvalue weighted by Crippen LogP contribution is -2.52. The number of hydrogen-bond donors (Lipinski definition) is 3. The van der Waals surface area contributed by atoms with E-state index in [-0.39, 0.29) is 36.6 Å². The number of nitrogens with one attached hydrogen (secondary N) is 1. The van der Waals surface area contributed by atoms with Crippen molar-refractivity contribution in [3.63, 3.8) is 0 Å². The number of fused-ring (bicyclic) bond motifs is 1. The van der Waals surface area contributed by atoms with E-state index in [0.29, 0.717) is 16.6 Å². The summed E-state index contributed by atoms with van der Waals surface area (Å²) in [5, 5.41) is 22.0. The summed E-state index contributed by atoms with van der Waals surface area (Å²) in [4.78, 5) is 79.7. The second kappa shape index (κ2) is 13.8. The van der Waals surface area contributed by atoms with Crippen LogP contribution in [-0.2, 0) is 24.8 Å². The van der Waals surface area contributed by atoms with E-state index in [1.807, 2.05) is 0 Å². The van der Waals surface area contributed by atoms with E-state index in [0.717, 1.165) is 32.1 Å². The number of carbonyl (C=O) groups excluding carboxylic acids is 5. The quantitative estimate of drug-likeness (QED) is 0.213. The minimum atomic E-state index is -1.33. The van der Waals surface area contributed by atoms with Crippen LogP contribution < -0.4 is 11.1 Å². The van der Waals surface area contributed by atoms with E-state index in [4.69, 9.17) is 5.73 Å². The number of ketones is 1. The first kappa shape index (κ1) is 33.4. The predicted octanol–water partition coefficient (Wildman–Crippen LogP) is 1.40. The van der Waals surface area contributed by atoms with E-state index in [9.17, 15) is 29.1 Å². The largest absolute Gasteiger partial charge is 0.384 e. The summed E-state index contributed by atoms with van der Waals surface area (Å²) in [5.41, 5.74) is 4.72. The Hall–Kier alpha value is -4.92. The van der Waals surface area contributed by atoms with Gasteiger partial charge in [-0.15, -0.1) is 5.10 Å². The Kier molecular flexibility index (Phi) is 9.84. The first-order valence-corrected chi connectivity index (χ1v) is 15.7. The van der Waals surface area contributed by atoms with Crippen molar-refractivity contribution in [3.05, 3.63) is 48.2 Å². The summed E-state index contributed by atoms with van der Waals surface area (Å²) in [7, 11) is 0. The lowest BCUT2D eigenvalue weighted by atomic mass is 9.85. The van der Waals surface area contributed by atoms with Gasteiger partial charge in [-0.1, -0.05) is 37.3 Å². The van der Waals surface area contributed by atoms with Crippen LogP contribution in [0.1, 0.15) is 87.8 Å². The lowest BCUT2D eigenvalue weighted by Gasteiger charge is -2.27. The van der Waals surface area contributed by atoms with E-state index in [2.05, 4.69) is 30.6 Å². The monoisotopic (exact) mass is 645 g/mol. The maximum absolute atomic E-state index is 14.5. The SMILES string of the molecule is CC(NC(=O)[C@@H]1C[C@H](n2nncc2C(C)(C)O)CN1C(=O)/C(CC1CCCCC1)=N/C(=O)c1cncc2cccnc12)C(=O)C(N)=O. The first-order chi connectivity index (χ1) is 22.3. The number of Topliss-reactive ketones (excluding diaryl/α,β-unsaturated/α-hetero) is 1. The minimum absolute atomic E-state index is 0.00385. The molecule has 0 bridgehead atoms. The summed E-state index contributed by atoms with van der Waals surface area (Å²) in [6, 6.07) is 0.525. The average molecular weight is 646 g/mol. The zero-order valence-corrected chi connectivity index (χ0v) is 26.6. The zero-order chi connectivity index (χ0) is 33.9. The maximum Gasteiger partial charge on any atom is 0.287 e. The third-order valence-corrected chi connectivity index (χ3v) is 8.82. The minimum Gasteiger partial charge on any atom is -0.384 e. The highest BCUT2D eigenvalue weighted by atomic mass is 16.3. The number of nitrogens with zero attached hydrogens (tertiary/aromatic N) is 7. The fourth-order valence-electron chi connectivity index (χ4n) is 6.35. The summed E-state index contributed by atoms with van der Waals surface area (Å²) in [6.07, 6.45) is 11.0. The zero-order valence-electron chi connectivity index (χ0n) is 26.6. The van der Waals surface area contributed by atoms with Gasteiger partial charge in [-0.05, 0) is 45.2 Å². The van der Waals surface area contributed by atoms with Gasteiger partial charge in [0.2, 0.25) is 11.7 Å². The molecule has 0 radical (unpaired) electrons. The van der Waals surface area contributed by atoms with Crippen LogP contribution in [0.2, 0.25) is 0 Å².